The first-order valence-electron chi connectivity index (χ1n) is 8.09. The van der Waals surface area contributed by atoms with E-state index in [9.17, 15) is 9.90 Å². The van der Waals surface area contributed by atoms with Crippen LogP contribution >= 0.6 is 11.6 Å². The van der Waals surface area contributed by atoms with Crippen LogP contribution in [0.25, 0.3) is 0 Å². The summed E-state index contributed by atoms with van der Waals surface area (Å²) in [5.74, 6) is 0.219. The number of aliphatic hydroxyl groups is 1. The summed E-state index contributed by atoms with van der Waals surface area (Å²) < 4.78 is 0. The zero-order valence-electron chi connectivity index (χ0n) is 13.4. The Bertz CT molecular complexity index is 510. The molecule has 0 aromatic carbocycles. The van der Waals surface area contributed by atoms with E-state index in [2.05, 4.69) is 10.3 Å². The number of aromatic nitrogens is 1. The lowest BCUT2D eigenvalue weighted by Gasteiger charge is -2.27. The van der Waals surface area contributed by atoms with Crippen LogP contribution in [0.1, 0.15) is 60.1 Å². The third-order valence-corrected chi connectivity index (χ3v) is 4.71. The maximum absolute atomic E-state index is 12.2. The molecule has 1 aliphatic rings. The van der Waals surface area contributed by atoms with Gasteiger partial charge in [-0.15, -0.1) is 0 Å². The molecular weight excluding hydrogens is 300 g/mol. The first-order chi connectivity index (χ1) is 10.5. The normalized spacial score (nSPS) is 21.6. The Hall–Kier alpha value is -1.13. The van der Waals surface area contributed by atoms with Crippen molar-refractivity contribution in [3.63, 3.8) is 0 Å². The lowest BCUT2D eigenvalue weighted by molar-refractivity contribution is 0.0641. The van der Waals surface area contributed by atoms with Crippen LogP contribution in [0.5, 0.6) is 0 Å². The second-order valence-corrected chi connectivity index (χ2v) is 6.61. The Morgan fingerprint density at radius 2 is 2.14 bits per heavy atom. The summed E-state index contributed by atoms with van der Waals surface area (Å²) in [6, 6.07) is 1.86. The quantitative estimate of drug-likeness (QED) is 0.644. The summed E-state index contributed by atoms with van der Waals surface area (Å²) in [5.41, 5.74) is 2.12. The van der Waals surface area contributed by atoms with E-state index in [0.717, 1.165) is 43.4 Å². The molecule has 1 amide bonds. The number of hydrogen-bond acceptors (Lipinski definition) is 3. The van der Waals surface area contributed by atoms with Gasteiger partial charge in [0.25, 0.3) is 5.91 Å². The summed E-state index contributed by atoms with van der Waals surface area (Å²) >= 11 is 6.08. The Morgan fingerprint density at radius 3 is 2.82 bits per heavy atom. The standard InChI is InChI=1S/C17H25ClN2O2/c1-11-10-12(2)20-16(18)15(11)17(22)19-9-5-7-13-6-3-4-8-14(13)21/h10,13-14,21H,3-9H2,1-2H3,(H,19,22). The molecule has 4 nitrogen and oxygen atoms in total. The summed E-state index contributed by atoms with van der Waals surface area (Å²) in [5, 5.41) is 13.1. The molecule has 1 saturated carbocycles. The first-order valence-corrected chi connectivity index (χ1v) is 8.47. The molecule has 1 fully saturated rings. The van der Waals surface area contributed by atoms with Gasteiger partial charge < -0.3 is 10.4 Å². The van der Waals surface area contributed by atoms with Gasteiger partial charge in [0, 0.05) is 12.2 Å². The fourth-order valence-electron chi connectivity index (χ4n) is 3.24. The minimum Gasteiger partial charge on any atom is -0.393 e. The minimum atomic E-state index is -0.167. The van der Waals surface area contributed by atoms with Crippen molar-refractivity contribution in [2.45, 2.75) is 58.5 Å². The number of aliphatic hydroxyl groups excluding tert-OH is 1. The van der Waals surface area contributed by atoms with Gasteiger partial charge in [-0.05, 0) is 57.1 Å². The highest BCUT2D eigenvalue weighted by atomic mass is 35.5. The summed E-state index contributed by atoms with van der Waals surface area (Å²) in [6.07, 6.45) is 6.03. The number of pyridine rings is 1. The maximum Gasteiger partial charge on any atom is 0.254 e. The van der Waals surface area contributed by atoms with Crippen molar-refractivity contribution in [2.75, 3.05) is 6.54 Å². The second-order valence-electron chi connectivity index (χ2n) is 6.26. The molecule has 0 saturated heterocycles. The van der Waals surface area contributed by atoms with Gasteiger partial charge >= 0.3 is 0 Å². The molecule has 2 unspecified atom stereocenters. The van der Waals surface area contributed by atoms with E-state index >= 15 is 0 Å². The van der Waals surface area contributed by atoms with E-state index in [1.165, 1.54) is 6.42 Å². The van der Waals surface area contributed by atoms with Crippen LogP contribution in [0.2, 0.25) is 5.15 Å². The zero-order valence-corrected chi connectivity index (χ0v) is 14.1. The maximum atomic E-state index is 12.2. The van der Waals surface area contributed by atoms with Gasteiger partial charge in [0.2, 0.25) is 0 Å². The summed E-state index contributed by atoms with van der Waals surface area (Å²) in [6.45, 7) is 4.33. The molecule has 2 atom stereocenters. The van der Waals surface area contributed by atoms with E-state index in [1.807, 2.05) is 19.9 Å². The lowest BCUT2D eigenvalue weighted by Crippen LogP contribution is -2.28. The van der Waals surface area contributed by atoms with Crippen LogP contribution in [0.15, 0.2) is 6.07 Å². The highest BCUT2D eigenvalue weighted by molar-refractivity contribution is 6.32. The Labute approximate surface area is 137 Å². The number of carbonyl (C=O) groups excluding carboxylic acids is 1. The number of aryl methyl sites for hydroxylation is 2. The molecule has 1 aliphatic carbocycles. The van der Waals surface area contributed by atoms with Crippen molar-refractivity contribution in [3.8, 4) is 0 Å². The van der Waals surface area contributed by atoms with Crippen molar-refractivity contribution >= 4 is 17.5 Å². The number of rotatable bonds is 5. The molecule has 0 spiro atoms. The van der Waals surface area contributed by atoms with Crippen molar-refractivity contribution in [2.24, 2.45) is 5.92 Å². The van der Waals surface area contributed by atoms with Crippen molar-refractivity contribution in [1.29, 1.82) is 0 Å². The van der Waals surface area contributed by atoms with Crippen LogP contribution in [-0.4, -0.2) is 28.6 Å². The van der Waals surface area contributed by atoms with Crippen LogP contribution in [-0.2, 0) is 0 Å². The predicted octanol–water partition coefficient (Wildman–Crippen LogP) is 3.41. The number of amides is 1. The minimum absolute atomic E-state index is 0.164. The molecule has 0 radical (unpaired) electrons. The van der Waals surface area contributed by atoms with Gasteiger partial charge in [0.05, 0.1) is 11.7 Å². The Morgan fingerprint density at radius 1 is 1.41 bits per heavy atom. The fourth-order valence-corrected chi connectivity index (χ4v) is 3.61. The smallest absolute Gasteiger partial charge is 0.254 e. The average Bonchev–Trinajstić information content (AvgIpc) is 2.44. The monoisotopic (exact) mass is 324 g/mol. The number of nitrogens with one attached hydrogen (secondary N) is 1. The van der Waals surface area contributed by atoms with E-state index in [1.54, 1.807) is 0 Å². The number of halogens is 1. The molecule has 1 aromatic heterocycles. The van der Waals surface area contributed by atoms with Gasteiger partial charge in [-0.2, -0.15) is 0 Å². The summed E-state index contributed by atoms with van der Waals surface area (Å²) in [7, 11) is 0. The van der Waals surface area contributed by atoms with Crippen LogP contribution in [0, 0.1) is 19.8 Å². The molecule has 0 bridgehead atoms. The van der Waals surface area contributed by atoms with E-state index in [0.29, 0.717) is 18.0 Å². The molecule has 2 N–H and O–H groups in total. The molecule has 1 heterocycles. The fraction of sp³-hybridized carbons (Fsp3) is 0.647. The van der Waals surface area contributed by atoms with Gasteiger partial charge in [-0.25, -0.2) is 4.98 Å². The molecule has 0 aliphatic heterocycles. The molecule has 2 rings (SSSR count). The predicted molar refractivity (Wildman–Crippen MR) is 88.3 cm³/mol. The third-order valence-electron chi connectivity index (χ3n) is 4.43. The van der Waals surface area contributed by atoms with Crippen molar-refractivity contribution in [3.05, 3.63) is 28.0 Å². The van der Waals surface area contributed by atoms with Crippen molar-refractivity contribution in [1.82, 2.24) is 10.3 Å². The Kier molecular flexibility index (Phi) is 6.21. The van der Waals surface area contributed by atoms with Crippen LogP contribution < -0.4 is 5.32 Å². The highest BCUT2D eigenvalue weighted by Crippen LogP contribution is 2.27. The van der Waals surface area contributed by atoms with Crippen LogP contribution in [0.3, 0.4) is 0 Å². The lowest BCUT2D eigenvalue weighted by atomic mass is 9.83. The topological polar surface area (TPSA) is 62.2 Å². The van der Waals surface area contributed by atoms with Gasteiger partial charge in [-0.3, -0.25) is 4.79 Å². The van der Waals surface area contributed by atoms with E-state index in [-0.39, 0.29) is 17.2 Å². The SMILES string of the molecule is Cc1cc(C)c(C(=O)NCCCC2CCCCC2O)c(Cl)n1. The van der Waals surface area contributed by atoms with E-state index in [4.69, 9.17) is 11.6 Å². The molecule has 1 aromatic rings. The zero-order chi connectivity index (χ0) is 16.1. The number of nitrogens with zero attached hydrogens (tertiary/aromatic N) is 1. The van der Waals surface area contributed by atoms with Gasteiger partial charge in [0.15, 0.2) is 0 Å². The molecular formula is C17H25ClN2O2. The first kappa shape index (κ1) is 17.2. The van der Waals surface area contributed by atoms with Gasteiger partial charge in [0.1, 0.15) is 5.15 Å². The molecule has 122 valence electrons. The third kappa shape index (κ3) is 4.43. The Balaban J connectivity index is 1.81. The molecule has 22 heavy (non-hydrogen) atoms. The second kappa shape index (κ2) is 7.93. The summed E-state index contributed by atoms with van der Waals surface area (Å²) in [4.78, 5) is 16.4. The van der Waals surface area contributed by atoms with E-state index < -0.39 is 0 Å². The largest absolute Gasteiger partial charge is 0.393 e. The van der Waals surface area contributed by atoms with Crippen molar-refractivity contribution < 1.29 is 9.90 Å². The average molecular weight is 325 g/mol. The van der Waals surface area contributed by atoms with Crippen LogP contribution in [0.4, 0.5) is 0 Å². The highest BCUT2D eigenvalue weighted by Gasteiger charge is 2.22. The molecule has 5 heteroatoms. The number of carbonyl (C=O) groups is 1. The number of hydrogen-bond donors (Lipinski definition) is 2. The van der Waals surface area contributed by atoms with Gasteiger partial charge in [-0.1, -0.05) is 24.4 Å².